The van der Waals surface area contributed by atoms with Gasteiger partial charge in [-0.15, -0.1) is 0 Å². The molecule has 0 spiro atoms. The van der Waals surface area contributed by atoms with Crippen LogP contribution in [0.1, 0.15) is 85.1 Å². The summed E-state index contributed by atoms with van der Waals surface area (Å²) in [4.78, 5) is 73.9. The molecule has 0 saturated carbocycles. The van der Waals surface area contributed by atoms with Crippen LogP contribution in [0.3, 0.4) is 0 Å². The fraction of sp³-hybridized carbons (Fsp3) is 0.491. The number of esters is 3. The minimum absolute atomic E-state index is 0.0254. The zero-order valence-corrected chi connectivity index (χ0v) is 46.6. The van der Waals surface area contributed by atoms with Crippen molar-refractivity contribution in [1.82, 2.24) is 0 Å². The summed E-state index contributed by atoms with van der Waals surface area (Å²) in [7, 11) is -2.84. The minimum Gasteiger partial charge on any atom is -0.459 e. The third-order valence-electron chi connectivity index (χ3n) is 15.2. The summed E-state index contributed by atoms with van der Waals surface area (Å²) in [6, 6.07) is 30.9. The van der Waals surface area contributed by atoms with Crippen molar-refractivity contribution in [3.05, 3.63) is 164 Å². The molecule has 3 aliphatic rings. The molecule has 79 heavy (non-hydrogen) atoms. The number of hydrogen-bond acceptors (Lipinski definition) is 17. The van der Waals surface area contributed by atoms with Gasteiger partial charge in [-0.1, -0.05) is 161 Å². The highest BCUT2D eigenvalue weighted by Gasteiger charge is 2.56. The van der Waals surface area contributed by atoms with Gasteiger partial charge in [-0.05, 0) is 65.7 Å². The van der Waals surface area contributed by atoms with Crippen LogP contribution in [0.25, 0.3) is 20.9 Å². The van der Waals surface area contributed by atoms with E-state index in [1.54, 1.807) is 73.7 Å². The monoisotopic (exact) mass is 1100 g/mol. The number of rotatable bonds is 21. The maximum atomic E-state index is 14.2. The number of azide groups is 2. The molecule has 0 amide bonds. The van der Waals surface area contributed by atoms with Crippen LogP contribution in [0.5, 0.6) is 0 Å². The van der Waals surface area contributed by atoms with E-state index >= 15 is 0 Å². The Labute approximate surface area is 459 Å². The van der Waals surface area contributed by atoms with Gasteiger partial charge in [0.05, 0.1) is 36.5 Å². The first-order valence-electron chi connectivity index (χ1n) is 26.2. The molecule has 420 valence electrons. The summed E-state index contributed by atoms with van der Waals surface area (Å²) >= 11 is 0. The van der Waals surface area contributed by atoms with Crippen molar-refractivity contribution in [2.24, 2.45) is 28.0 Å². The zero-order valence-electron chi connectivity index (χ0n) is 45.6. The topological polar surface area (TPSA) is 275 Å². The molecule has 3 saturated heterocycles. The molecule has 7 rings (SSSR count). The van der Waals surface area contributed by atoms with Gasteiger partial charge < -0.3 is 47.1 Å². The number of ether oxygens (including phenoxy) is 9. The van der Waals surface area contributed by atoms with Crippen LogP contribution in [0.4, 0.5) is 0 Å². The maximum Gasteiger partial charge on any atom is 0.380 e. The summed E-state index contributed by atoms with van der Waals surface area (Å²) in [5, 5.41) is 7.77. The van der Waals surface area contributed by atoms with Crippen molar-refractivity contribution < 1.29 is 71.0 Å². The average molecular weight is 1110 g/mol. The van der Waals surface area contributed by atoms with E-state index in [4.69, 9.17) is 47.1 Å². The molecule has 4 aromatic carbocycles. The Kier molecular flexibility index (Phi) is 20.4. The molecule has 0 bridgehead atoms. The molecule has 0 aliphatic carbocycles. The number of carbonyl (C=O) groups excluding carboxylic acids is 5. The van der Waals surface area contributed by atoms with Gasteiger partial charge in [0.1, 0.15) is 43.7 Å². The molecule has 3 heterocycles. The lowest BCUT2D eigenvalue weighted by atomic mass is 9.82. The summed E-state index contributed by atoms with van der Waals surface area (Å²) in [6.07, 6.45) is -12.2. The van der Waals surface area contributed by atoms with Crippen LogP contribution in [-0.4, -0.2) is 125 Å². The van der Waals surface area contributed by atoms with E-state index < -0.39 is 129 Å². The molecule has 15 atom stereocenters. The van der Waals surface area contributed by atoms with Gasteiger partial charge in [-0.3, -0.25) is 9.59 Å². The molecule has 0 aromatic heterocycles. The minimum atomic E-state index is -2.84. The highest BCUT2D eigenvalue weighted by molar-refractivity contribution is 6.74. The average Bonchev–Trinajstić information content (AvgIpc) is 3.48. The number of carbonyl (C=O) groups is 5. The van der Waals surface area contributed by atoms with Gasteiger partial charge in [0.2, 0.25) is 0 Å². The van der Waals surface area contributed by atoms with Crippen molar-refractivity contribution in [3.8, 4) is 0 Å². The third-order valence-corrected chi connectivity index (χ3v) is 19.6. The van der Waals surface area contributed by atoms with Crippen LogP contribution >= 0.6 is 0 Å². The van der Waals surface area contributed by atoms with Crippen molar-refractivity contribution in [1.29, 1.82) is 0 Å². The zero-order chi connectivity index (χ0) is 57.0. The van der Waals surface area contributed by atoms with Crippen molar-refractivity contribution >= 4 is 37.8 Å². The molecule has 21 nitrogen and oxygen atoms in total. The van der Waals surface area contributed by atoms with E-state index in [-0.39, 0.29) is 41.7 Å². The van der Waals surface area contributed by atoms with E-state index in [9.17, 15) is 35.0 Å². The van der Waals surface area contributed by atoms with Crippen LogP contribution in [0, 0.1) is 17.8 Å². The van der Waals surface area contributed by atoms with E-state index in [0.717, 1.165) is 5.56 Å². The fourth-order valence-corrected chi connectivity index (χ4v) is 10.5. The Balaban J connectivity index is 1.24. The van der Waals surface area contributed by atoms with Gasteiger partial charge >= 0.3 is 17.9 Å². The molecule has 22 heteroatoms. The highest BCUT2D eigenvalue weighted by atomic mass is 28.4. The van der Waals surface area contributed by atoms with Gasteiger partial charge in [-0.25, -0.2) is 14.4 Å². The third kappa shape index (κ3) is 14.7. The summed E-state index contributed by atoms with van der Waals surface area (Å²) in [5.41, 5.74) is 21.2. The van der Waals surface area contributed by atoms with Crippen LogP contribution in [0.15, 0.2) is 132 Å². The number of benzene rings is 4. The van der Waals surface area contributed by atoms with Crippen molar-refractivity contribution in [2.75, 3.05) is 13.2 Å². The molecule has 3 aliphatic heterocycles. The highest BCUT2D eigenvalue weighted by Crippen LogP contribution is 2.43. The quantitative estimate of drug-likeness (QED) is 0.0110. The smallest absolute Gasteiger partial charge is 0.380 e. The molecule has 6 unspecified atom stereocenters. The van der Waals surface area contributed by atoms with Crippen LogP contribution in [-0.2, 0) is 63.3 Å². The van der Waals surface area contributed by atoms with E-state index in [1.165, 1.54) is 24.3 Å². The van der Waals surface area contributed by atoms with E-state index in [0.29, 0.717) is 0 Å². The van der Waals surface area contributed by atoms with Crippen LogP contribution in [0.2, 0.25) is 18.1 Å². The Morgan fingerprint density at radius 1 is 0.557 bits per heavy atom. The van der Waals surface area contributed by atoms with Crippen molar-refractivity contribution in [2.45, 2.75) is 147 Å². The Hall–Kier alpha value is -6.81. The normalized spacial score (nSPS) is 28.9. The number of Topliss-reactive ketones (excluding diaryl/α,β-unsaturated/α-hetero) is 2. The lowest BCUT2D eigenvalue weighted by Gasteiger charge is -2.51. The second kappa shape index (κ2) is 26.9. The largest absolute Gasteiger partial charge is 0.459 e. The SMILES string of the molecule is CC1OC(O[C@@H]2C(COC(=O)c3ccccc3)OC(O[Si](C)(C)C(C)(C)C)[C@@H](N=[N+]=[N-])[C@H]2OC(=O)C(=O)c2ccccc2)[C@@H](OCc2ccccc2)[C@@H](C)[C@@H]1O[C@@H]1OC(COC(=O)C(=O)c2ccccc2)[C@@H](C)[C@H](C)C1N=[N+]=[N-]. The maximum absolute atomic E-state index is 14.2. The van der Waals surface area contributed by atoms with Gasteiger partial charge in [0.25, 0.3) is 11.6 Å². The predicted molar refractivity (Wildman–Crippen MR) is 287 cm³/mol. The second-order valence-electron chi connectivity index (χ2n) is 21.4. The van der Waals surface area contributed by atoms with Gasteiger partial charge in [0, 0.05) is 26.9 Å². The first-order valence-corrected chi connectivity index (χ1v) is 29.1. The van der Waals surface area contributed by atoms with Crippen LogP contribution < -0.4 is 0 Å². The summed E-state index contributed by atoms with van der Waals surface area (Å²) < 4.78 is 64.8. The number of ketones is 2. The summed E-state index contributed by atoms with van der Waals surface area (Å²) in [6.45, 7) is 16.3. The Bertz CT molecular complexity index is 2820. The number of hydrogen-bond donors (Lipinski definition) is 0. The lowest BCUT2D eigenvalue weighted by molar-refractivity contribution is -0.356. The standard InChI is InChI=1S/C57H68N6O15Si/c1-33-34(2)43(60-62-58)54(73-41(33)31-71-52(67)45(64)38-24-16-11-17-25-38)76-47-35(3)48(69-30-37-22-14-10-15-23-37)56(72-36(47)4)77-49-42(32-70-51(66)40-28-20-13-21-29-40)74-55(78-79(8,9)57(5,6)7)44(61-63-59)50(49)75-53(68)46(65)39-26-18-12-19-27-39/h10-29,33-36,41-44,47-50,54-56H,30-32H2,1-9H3/t33-,34-,35-,36?,41?,42?,43?,44-,47-,48-,49+,50+,54-,55?,56?/m0/s1. The molecule has 3 fully saturated rings. The molecule has 4 aromatic rings. The summed E-state index contributed by atoms with van der Waals surface area (Å²) in [5.74, 6) is -6.35. The van der Waals surface area contributed by atoms with Gasteiger partial charge in [0.15, 0.2) is 27.2 Å². The second-order valence-corrected chi connectivity index (χ2v) is 26.2. The molecule has 0 radical (unpaired) electrons. The first-order chi connectivity index (χ1) is 37.7. The fourth-order valence-electron chi connectivity index (χ4n) is 9.38. The van der Waals surface area contributed by atoms with E-state index in [1.807, 2.05) is 85.0 Å². The lowest BCUT2D eigenvalue weighted by Crippen LogP contribution is -2.65. The predicted octanol–water partition coefficient (Wildman–Crippen LogP) is 9.90. The Morgan fingerprint density at radius 2 is 1.06 bits per heavy atom. The van der Waals surface area contributed by atoms with Crippen molar-refractivity contribution in [3.63, 3.8) is 0 Å². The molecule has 0 N–H and O–H groups in total. The first kappa shape index (κ1) is 59.8. The molecular formula is C57H68N6O15Si. The Morgan fingerprint density at radius 3 is 1.63 bits per heavy atom. The molecular weight excluding hydrogens is 1040 g/mol. The van der Waals surface area contributed by atoms with Gasteiger partial charge in [-0.2, -0.15) is 0 Å². The number of nitrogens with zero attached hydrogens (tertiary/aromatic N) is 6. The van der Waals surface area contributed by atoms with E-state index in [2.05, 4.69) is 20.1 Å².